The average molecular weight is 1040 g/mol. The summed E-state index contributed by atoms with van der Waals surface area (Å²) >= 11 is 0. The molecular weight excluding hydrogens is 997 g/mol. The maximum absolute atomic E-state index is 5.57. The maximum Gasteiger partial charge on any atom is 0.238 e. The molecule has 14 aromatic rings. The smallest absolute Gasteiger partial charge is 0.238 e. The van der Waals surface area contributed by atoms with Gasteiger partial charge in [-0.2, -0.15) is 29.9 Å². The van der Waals surface area contributed by atoms with Crippen molar-refractivity contribution in [1.29, 1.82) is 0 Å². The van der Waals surface area contributed by atoms with Gasteiger partial charge in [-0.25, -0.2) is 15.0 Å². The molecule has 0 fully saturated rings. The van der Waals surface area contributed by atoms with E-state index in [0.29, 0.717) is 52.8 Å². The zero-order valence-corrected chi connectivity index (χ0v) is 43.3. The molecule has 0 saturated heterocycles. The summed E-state index contributed by atoms with van der Waals surface area (Å²) in [6, 6.07) is 78.0. The number of hydrogen-bond donors (Lipinski definition) is 0. The molecule has 0 bridgehead atoms. The molecule has 12 nitrogen and oxygen atoms in total. The summed E-state index contributed by atoms with van der Waals surface area (Å²) in [7, 11) is 0. The summed E-state index contributed by atoms with van der Waals surface area (Å²) in [5.41, 5.74) is 10.8. The second-order valence-electron chi connectivity index (χ2n) is 20.1. The van der Waals surface area contributed by atoms with Crippen LogP contribution in [0.4, 0.5) is 11.6 Å². The molecule has 0 radical (unpaired) electrons. The summed E-state index contributed by atoms with van der Waals surface area (Å²) in [4.78, 5) is 50.7. The van der Waals surface area contributed by atoms with E-state index in [4.69, 9.17) is 44.9 Å². The number of fused-ring (bicyclic) bond motifs is 11. The number of anilines is 2. The van der Waals surface area contributed by atoms with Crippen LogP contribution in [-0.4, -0.2) is 60.0 Å². The molecule has 0 spiro atoms. The Hall–Kier alpha value is -11.1. The normalized spacial score (nSPS) is 14.5. The zero-order chi connectivity index (χ0) is 53.4. The third kappa shape index (κ3) is 7.64. The molecule has 12 heteroatoms. The highest BCUT2D eigenvalue weighted by Crippen LogP contribution is 2.53. The molecule has 380 valence electrons. The van der Waals surface area contributed by atoms with E-state index in [2.05, 4.69) is 86.9 Å². The highest BCUT2D eigenvalue weighted by molar-refractivity contribution is 6.25. The first-order chi connectivity index (χ1) is 40.2. The molecule has 0 saturated carbocycles. The van der Waals surface area contributed by atoms with Crippen molar-refractivity contribution in [2.24, 2.45) is 0 Å². The van der Waals surface area contributed by atoms with Crippen LogP contribution >= 0.6 is 0 Å². The van der Waals surface area contributed by atoms with Crippen molar-refractivity contribution < 1.29 is 0 Å². The summed E-state index contributed by atoms with van der Waals surface area (Å²) in [6.07, 6.45) is 8.81. The summed E-state index contributed by atoms with van der Waals surface area (Å²) in [5.74, 6) is 4.63. The number of rotatable bonds is 9. The first-order valence-electron chi connectivity index (χ1n) is 27.0. The van der Waals surface area contributed by atoms with Gasteiger partial charge in [0.25, 0.3) is 0 Å². The van der Waals surface area contributed by atoms with Gasteiger partial charge in [0, 0.05) is 60.8 Å². The van der Waals surface area contributed by atoms with Gasteiger partial charge in [0.05, 0.1) is 33.8 Å². The molecule has 5 aromatic heterocycles. The summed E-state index contributed by atoms with van der Waals surface area (Å²) in [5, 5.41) is 3.98. The van der Waals surface area contributed by atoms with Crippen LogP contribution in [0.25, 0.3) is 124 Å². The van der Waals surface area contributed by atoms with Crippen molar-refractivity contribution in [1.82, 2.24) is 54.0 Å². The van der Waals surface area contributed by atoms with Crippen LogP contribution in [0.5, 0.6) is 0 Å². The number of para-hydroxylation sites is 1. The van der Waals surface area contributed by atoms with Gasteiger partial charge in [0.1, 0.15) is 0 Å². The van der Waals surface area contributed by atoms with Crippen LogP contribution in [0.1, 0.15) is 11.5 Å². The standard InChI is InChI=1S/C69H44N12/c1-7-23-43(24-8-1)61-70-62(44-25-9-2-10-26-44)74-67(73-61)79-55-37-21-19-35-49(55)51-39-41-53-54-42-40-52-50-36-20-22-38-56(50)80(68-75-63(45-27-11-3-12-28-45)71-64(76-68)46-29-13-4-14-30-46)58(52)60(54)81(59(53)57(51)79)69-77-65(47-31-15-5-16-32-47)72-66(78-69)48-33-17-6-18-34-48/h1-42,49,55H. The van der Waals surface area contributed by atoms with Crippen LogP contribution in [0.2, 0.25) is 0 Å². The van der Waals surface area contributed by atoms with E-state index >= 15 is 0 Å². The third-order valence-corrected chi connectivity index (χ3v) is 15.4. The lowest BCUT2D eigenvalue weighted by atomic mass is 9.91. The largest absolute Gasteiger partial charge is 0.300 e. The lowest BCUT2D eigenvalue weighted by molar-refractivity contribution is 0.728. The lowest BCUT2D eigenvalue weighted by Gasteiger charge is -2.27. The van der Waals surface area contributed by atoms with Crippen molar-refractivity contribution >= 4 is 55.2 Å². The molecule has 1 aliphatic heterocycles. The maximum atomic E-state index is 5.57. The van der Waals surface area contributed by atoms with E-state index in [9.17, 15) is 0 Å². The number of hydrogen-bond acceptors (Lipinski definition) is 10. The average Bonchev–Trinajstić information content (AvgIpc) is 4.32. The Kier molecular flexibility index (Phi) is 10.7. The second-order valence-corrected chi connectivity index (χ2v) is 20.1. The molecule has 2 atom stereocenters. The van der Waals surface area contributed by atoms with Crippen molar-refractivity contribution in [2.45, 2.75) is 12.0 Å². The van der Waals surface area contributed by atoms with Crippen LogP contribution < -0.4 is 4.90 Å². The van der Waals surface area contributed by atoms with Gasteiger partial charge < -0.3 is 4.90 Å². The van der Waals surface area contributed by atoms with Gasteiger partial charge in [-0.05, 0) is 11.6 Å². The molecule has 0 N–H and O–H groups in total. The topological polar surface area (TPSA) is 129 Å². The lowest BCUT2D eigenvalue weighted by Crippen LogP contribution is -2.30. The summed E-state index contributed by atoms with van der Waals surface area (Å²) < 4.78 is 4.46. The number of allylic oxidation sites excluding steroid dienone is 2. The van der Waals surface area contributed by atoms with Crippen molar-refractivity contribution in [2.75, 3.05) is 4.90 Å². The minimum atomic E-state index is -0.209. The second kappa shape index (κ2) is 18.8. The Morgan fingerprint density at radius 3 is 1.07 bits per heavy atom. The Morgan fingerprint density at radius 2 is 0.617 bits per heavy atom. The minimum Gasteiger partial charge on any atom is -0.300 e. The Morgan fingerprint density at radius 1 is 0.272 bits per heavy atom. The quantitative estimate of drug-likeness (QED) is 0.138. The number of aromatic nitrogens is 11. The minimum absolute atomic E-state index is 0.0689. The zero-order valence-electron chi connectivity index (χ0n) is 43.3. The molecule has 6 heterocycles. The molecule has 81 heavy (non-hydrogen) atoms. The predicted molar refractivity (Wildman–Crippen MR) is 321 cm³/mol. The van der Waals surface area contributed by atoms with Gasteiger partial charge >= 0.3 is 0 Å². The van der Waals surface area contributed by atoms with Crippen LogP contribution in [-0.2, 0) is 0 Å². The van der Waals surface area contributed by atoms with E-state index in [1.54, 1.807) is 0 Å². The Balaban J connectivity index is 1.08. The SMILES string of the molecule is C1=CC2c3ccc4c5ccc6c7ccccc7n(-c7nc(-c8ccccc8)nc(-c8ccccc8)n7)c6c5n(-c5nc(-c6ccccc6)nc(-c6ccccc6)n5)c4c3N(c3nc(-c4ccccc4)nc(-c4ccccc4)n3)C2C=C1. The fraction of sp³-hybridized carbons (Fsp3) is 0.0290. The molecule has 2 aliphatic rings. The number of benzene rings is 9. The van der Waals surface area contributed by atoms with Crippen LogP contribution in [0.3, 0.4) is 0 Å². The highest BCUT2D eigenvalue weighted by Gasteiger charge is 2.42. The fourth-order valence-corrected chi connectivity index (χ4v) is 11.8. The Labute approximate surface area is 464 Å². The van der Waals surface area contributed by atoms with Gasteiger partial charge in [-0.15, -0.1) is 0 Å². The van der Waals surface area contributed by atoms with Crippen LogP contribution in [0.15, 0.2) is 255 Å². The molecule has 0 amide bonds. The summed E-state index contributed by atoms with van der Waals surface area (Å²) in [6.45, 7) is 0. The Bertz CT molecular complexity index is 4640. The fourth-order valence-electron chi connectivity index (χ4n) is 11.8. The highest BCUT2D eigenvalue weighted by atomic mass is 15.3. The van der Waals surface area contributed by atoms with Gasteiger partial charge in [0.15, 0.2) is 34.9 Å². The van der Waals surface area contributed by atoms with E-state index in [0.717, 1.165) is 88.2 Å². The van der Waals surface area contributed by atoms with E-state index in [1.807, 2.05) is 182 Å². The molecule has 9 aromatic carbocycles. The molecule has 1 aliphatic carbocycles. The van der Waals surface area contributed by atoms with Crippen LogP contribution in [0, 0.1) is 0 Å². The molecular formula is C69H44N12. The first kappa shape index (κ1) is 46.0. The van der Waals surface area contributed by atoms with Crippen molar-refractivity contribution in [3.8, 4) is 80.2 Å². The van der Waals surface area contributed by atoms with E-state index in [1.165, 1.54) is 0 Å². The van der Waals surface area contributed by atoms with Crippen molar-refractivity contribution in [3.05, 3.63) is 260 Å². The van der Waals surface area contributed by atoms with Gasteiger partial charge in [-0.3, -0.25) is 9.13 Å². The first-order valence-corrected chi connectivity index (χ1v) is 27.0. The van der Waals surface area contributed by atoms with Crippen molar-refractivity contribution in [3.63, 3.8) is 0 Å². The molecule has 2 unspecified atom stereocenters. The molecule has 16 rings (SSSR count). The van der Waals surface area contributed by atoms with E-state index in [-0.39, 0.29) is 12.0 Å². The van der Waals surface area contributed by atoms with Gasteiger partial charge in [0.2, 0.25) is 17.8 Å². The van der Waals surface area contributed by atoms with E-state index < -0.39 is 0 Å². The predicted octanol–water partition coefficient (Wildman–Crippen LogP) is 15.2. The number of nitrogens with zero attached hydrogens (tertiary/aromatic N) is 12. The third-order valence-electron chi connectivity index (χ3n) is 15.4. The monoisotopic (exact) mass is 1040 g/mol. The van der Waals surface area contributed by atoms with Gasteiger partial charge in [-0.1, -0.05) is 249 Å².